The highest BCUT2D eigenvalue weighted by Gasteiger charge is 2.26. The molecule has 8 heteroatoms. The van der Waals surface area contributed by atoms with Gasteiger partial charge in [0.1, 0.15) is 4.90 Å². The third kappa shape index (κ3) is 2.72. The van der Waals surface area contributed by atoms with Crippen molar-refractivity contribution >= 4 is 40.7 Å². The van der Waals surface area contributed by atoms with E-state index in [9.17, 15) is 16.8 Å². The smallest absolute Gasteiger partial charge is 0.240 e. The van der Waals surface area contributed by atoms with Crippen molar-refractivity contribution in [3.63, 3.8) is 0 Å². The van der Waals surface area contributed by atoms with Gasteiger partial charge in [0, 0.05) is 22.3 Å². The molecule has 0 spiro atoms. The molecule has 0 aliphatic heterocycles. The SMILES string of the molecule is CCc1cccc2c1c(S(=O)(=O)Cl)cn2S(=O)(=O)c1ccccc1. The Hall–Kier alpha value is -1.83. The normalized spacial score (nSPS) is 12.6. The number of aryl methyl sites for hydroxylation is 1. The van der Waals surface area contributed by atoms with E-state index in [-0.39, 0.29) is 15.3 Å². The quantitative estimate of drug-likeness (QED) is 0.647. The Morgan fingerprint density at radius 2 is 1.62 bits per heavy atom. The van der Waals surface area contributed by atoms with Gasteiger partial charge in [-0.2, -0.15) is 0 Å². The van der Waals surface area contributed by atoms with Crippen LogP contribution < -0.4 is 0 Å². The van der Waals surface area contributed by atoms with E-state index in [1.54, 1.807) is 36.4 Å². The van der Waals surface area contributed by atoms with Crippen molar-refractivity contribution in [1.82, 2.24) is 3.97 Å². The van der Waals surface area contributed by atoms with E-state index in [2.05, 4.69) is 0 Å². The van der Waals surface area contributed by atoms with E-state index in [0.29, 0.717) is 17.4 Å². The molecule has 5 nitrogen and oxygen atoms in total. The van der Waals surface area contributed by atoms with Crippen LogP contribution in [-0.4, -0.2) is 20.8 Å². The molecule has 0 saturated heterocycles. The maximum Gasteiger partial charge on any atom is 0.268 e. The van der Waals surface area contributed by atoms with Gasteiger partial charge in [0.25, 0.3) is 19.1 Å². The van der Waals surface area contributed by atoms with Crippen LogP contribution in [0.2, 0.25) is 0 Å². The van der Waals surface area contributed by atoms with Crippen LogP contribution in [0.4, 0.5) is 0 Å². The van der Waals surface area contributed by atoms with Crippen LogP contribution in [0.5, 0.6) is 0 Å². The van der Waals surface area contributed by atoms with Crippen LogP contribution in [0, 0.1) is 0 Å². The molecule has 3 rings (SSSR count). The summed E-state index contributed by atoms with van der Waals surface area (Å²) in [6.07, 6.45) is 1.63. The van der Waals surface area contributed by atoms with Crippen LogP contribution >= 0.6 is 10.7 Å². The molecule has 1 aromatic heterocycles. The van der Waals surface area contributed by atoms with E-state index in [1.165, 1.54) is 12.1 Å². The maximum atomic E-state index is 12.9. The van der Waals surface area contributed by atoms with Crippen LogP contribution in [0.15, 0.2) is 64.5 Å². The van der Waals surface area contributed by atoms with E-state index in [0.717, 1.165) is 10.2 Å². The molecule has 2 aromatic carbocycles. The number of fused-ring (bicyclic) bond motifs is 1. The van der Waals surface area contributed by atoms with Crippen LogP contribution in [-0.2, 0) is 25.5 Å². The summed E-state index contributed by atoms with van der Waals surface area (Å²) in [5.41, 5.74) is 1.01. The molecule has 0 atom stereocenters. The summed E-state index contributed by atoms with van der Waals surface area (Å²) in [5.74, 6) is 0. The fourth-order valence-electron chi connectivity index (χ4n) is 2.68. The molecule has 0 aliphatic rings. The molecule has 126 valence electrons. The Bertz CT molecular complexity index is 1120. The van der Waals surface area contributed by atoms with Crippen LogP contribution in [0.25, 0.3) is 10.9 Å². The monoisotopic (exact) mass is 383 g/mol. The number of rotatable bonds is 4. The Kier molecular flexibility index (Phi) is 4.19. The topological polar surface area (TPSA) is 73.2 Å². The number of nitrogens with zero attached hydrogens (tertiary/aromatic N) is 1. The molecular weight excluding hydrogens is 370 g/mol. The standard InChI is InChI=1S/C16H14ClNO4S2/c1-2-12-7-6-10-14-16(12)15(23(17,19)20)11-18(14)24(21,22)13-8-4-3-5-9-13/h3-11H,2H2,1H3. The summed E-state index contributed by atoms with van der Waals surface area (Å²) in [6.45, 7) is 1.86. The van der Waals surface area contributed by atoms with Crippen molar-refractivity contribution < 1.29 is 16.8 Å². The second-order valence-electron chi connectivity index (χ2n) is 5.21. The number of hydrogen-bond acceptors (Lipinski definition) is 4. The lowest BCUT2D eigenvalue weighted by Crippen LogP contribution is -2.11. The third-order valence-corrected chi connectivity index (χ3v) is 6.81. The summed E-state index contributed by atoms with van der Waals surface area (Å²) >= 11 is 0. The summed E-state index contributed by atoms with van der Waals surface area (Å²) in [5, 5.41) is 0.342. The highest BCUT2D eigenvalue weighted by Crippen LogP contribution is 2.33. The fraction of sp³-hybridized carbons (Fsp3) is 0.125. The van der Waals surface area contributed by atoms with E-state index in [1.807, 2.05) is 6.92 Å². The average molecular weight is 384 g/mol. The molecular formula is C16H14ClNO4S2. The molecule has 0 fully saturated rings. The minimum absolute atomic E-state index is 0.0716. The highest BCUT2D eigenvalue weighted by atomic mass is 35.7. The number of benzene rings is 2. The molecule has 0 bridgehead atoms. The van der Waals surface area contributed by atoms with Gasteiger partial charge in [-0.05, 0) is 30.2 Å². The van der Waals surface area contributed by atoms with Gasteiger partial charge in [-0.3, -0.25) is 0 Å². The van der Waals surface area contributed by atoms with Crippen molar-refractivity contribution in [3.05, 3.63) is 60.3 Å². The summed E-state index contributed by atoms with van der Waals surface area (Å²) in [7, 11) is -2.49. The first-order chi connectivity index (χ1) is 11.3. The van der Waals surface area contributed by atoms with Crippen LogP contribution in [0.1, 0.15) is 12.5 Å². The first-order valence-electron chi connectivity index (χ1n) is 7.15. The van der Waals surface area contributed by atoms with Crippen molar-refractivity contribution in [2.45, 2.75) is 23.1 Å². The molecule has 0 amide bonds. The average Bonchev–Trinajstić information content (AvgIpc) is 2.96. The zero-order valence-corrected chi connectivity index (χ0v) is 15.1. The largest absolute Gasteiger partial charge is 0.268 e. The van der Waals surface area contributed by atoms with Gasteiger partial charge in [-0.15, -0.1) is 0 Å². The second kappa shape index (κ2) is 5.91. The molecule has 24 heavy (non-hydrogen) atoms. The summed E-state index contributed by atoms with van der Waals surface area (Å²) in [6, 6.07) is 12.9. The summed E-state index contributed by atoms with van der Waals surface area (Å²) < 4.78 is 50.7. The number of halogens is 1. The molecule has 0 unspecified atom stereocenters. The zero-order chi connectivity index (χ0) is 17.5. The second-order valence-corrected chi connectivity index (χ2v) is 9.56. The first-order valence-corrected chi connectivity index (χ1v) is 10.9. The Balaban J connectivity index is 2.44. The Labute approximate surface area is 145 Å². The minimum atomic E-state index is -4.10. The minimum Gasteiger partial charge on any atom is -0.240 e. The number of hydrogen-bond donors (Lipinski definition) is 0. The Morgan fingerprint density at radius 3 is 2.21 bits per heavy atom. The lowest BCUT2D eigenvalue weighted by molar-refractivity contribution is 0.589. The maximum absolute atomic E-state index is 12.9. The molecule has 1 heterocycles. The lowest BCUT2D eigenvalue weighted by Gasteiger charge is -2.08. The van der Waals surface area contributed by atoms with Gasteiger partial charge < -0.3 is 0 Å². The predicted molar refractivity (Wildman–Crippen MR) is 93.4 cm³/mol. The van der Waals surface area contributed by atoms with Gasteiger partial charge >= 0.3 is 0 Å². The molecule has 0 saturated carbocycles. The molecule has 0 radical (unpaired) electrons. The van der Waals surface area contributed by atoms with Gasteiger partial charge in [0.15, 0.2) is 0 Å². The summed E-state index contributed by atoms with van der Waals surface area (Å²) in [4.78, 5) is -0.126. The van der Waals surface area contributed by atoms with Gasteiger partial charge in [-0.25, -0.2) is 20.8 Å². The highest BCUT2D eigenvalue weighted by molar-refractivity contribution is 8.14. The van der Waals surface area contributed by atoms with Crippen molar-refractivity contribution in [2.24, 2.45) is 0 Å². The molecule has 0 N–H and O–H groups in total. The molecule has 0 aliphatic carbocycles. The van der Waals surface area contributed by atoms with Gasteiger partial charge in [-0.1, -0.05) is 37.3 Å². The van der Waals surface area contributed by atoms with Gasteiger partial charge in [0.05, 0.1) is 10.4 Å². The predicted octanol–water partition coefficient (Wildman–Crippen LogP) is 3.37. The Morgan fingerprint density at radius 1 is 0.958 bits per heavy atom. The fourth-order valence-corrected chi connectivity index (χ4v) is 5.19. The third-order valence-electron chi connectivity index (χ3n) is 3.79. The van der Waals surface area contributed by atoms with Crippen molar-refractivity contribution in [3.8, 4) is 0 Å². The lowest BCUT2D eigenvalue weighted by atomic mass is 10.1. The molecule has 3 aromatic rings. The zero-order valence-electron chi connectivity index (χ0n) is 12.7. The van der Waals surface area contributed by atoms with Crippen molar-refractivity contribution in [2.75, 3.05) is 0 Å². The van der Waals surface area contributed by atoms with Crippen molar-refractivity contribution in [1.29, 1.82) is 0 Å². The van der Waals surface area contributed by atoms with E-state index >= 15 is 0 Å². The van der Waals surface area contributed by atoms with E-state index in [4.69, 9.17) is 10.7 Å². The van der Waals surface area contributed by atoms with Gasteiger partial charge in [0.2, 0.25) is 0 Å². The van der Waals surface area contributed by atoms with E-state index < -0.39 is 19.1 Å². The number of aromatic nitrogens is 1. The first kappa shape index (κ1) is 17.0. The van der Waals surface area contributed by atoms with Crippen LogP contribution in [0.3, 0.4) is 0 Å².